The second-order valence-corrected chi connectivity index (χ2v) is 10.3. The van der Waals surface area contributed by atoms with Crippen LogP contribution in [0, 0.1) is 0 Å². The fourth-order valence-electron chi connectivity index (χ4n) is 5.34. The highest BCUT2D eigenvalue weighted by Gasteiger charge is 2.39. The van der Waals surface area contributed by atoms with Crippen LogP contribution in [-0.4, -0.2) is 35.6 Å². The molecule has 224 valence electrons. The lowest BCUT2D eigenvalue weighted by Gasteiger charge is -2.39. The van der Waals surface area contributed by atoms with Gasteiger partial charge in [0.25, 0.3) is 5.91 Å². The zero-order valence-corrected chi connectivity index (χ0v) is 22.6. The Balaban J connectivity index is 1.38. The molecule has 0 spiro atoms. The quantitative estimate of drug-likeness (QED) is 0.234. The summed E-state index contributed by atoms with van der Waals surface area (Å²) in [6.45, 7) is -0.0415. The van der Waals surface area contributed by atoms with Gasteiger partial charge in [-0.15, -0.1) is 0 Å². The Morgan fingerprint density at radius 2 is 1.44 bits per heavy atom. The Morgan fingerprint density at radius 3 is 2.12 bits per heavy atom. The number of nitrogens with one attached hydrogen (secondary N) is 1. The number of piperidine rings is 1. The smallest absolute Gasteiger partial charge is 0.416 e. The van der Waals surface area contributed by atoms with E-state index in [1.54, 1.807) is 42.5 Å². The van der Waals surface area contributed by atoms with Gasteiger partial charge in [0.1, 0.15) is 6.10 Å². The Kier molecular flexibility index (Phi) is 8.34. The number of rotatable bonds is 5. The molecule has 4 aromatic rings. The molecular formula is C32H26F6N2O3. The average molecular weight is 601 g/mol. The van der Waals surface area contributed by atoms with Gasteiger partial charge in [-0.1, -0.05) is 66.7 Å². The summed E-state index contributed by atoms with van der Waals surface area (Å²) in [6, 6.07) is 22.0. The first-order chi connectivity index (χ1) is 20.4. The van der Waals surface area contributed by atoms with Crippen molar-refractivity contribution >= 4 is 28.5 Å². The molecule has 5 nitrogen and oxygen atoms in total. The van der Waals surface area contributed by atoms with E-state index in [0.717, 1.165) is 16.3 Å². The molecule has 1 aliphatic rings. The van der Waals surface area contributed by atoms with E-state index in [4.69, 9.17) is 4.74 Å². The summed E-state index contributed by atoms with van der Waals surface area (Å²) < 4.78 is 86.5. The molecule has 5 rings (SSSR count). The van der Waals surface area contributed by atoms with E-state index in [1.165, 1.54) is 4.90 Å². The lowest BCUT2D eigenvalue weighted by atomic mass is 9.92. The topological polar surface area (TPSA) is 58.6 Å². The van der Waals surface area contributed by atoms with Crippen LogP contribution < -0.4 is 5.32 Å². The number of alkyl halides is 6. The summed E-state index contributed by atoms with van der Waals surface area (Å²) in [5.74, 6) is -0.962. The van der Waals surface area contributed by atoms with E-state index in [-0.39, 0.29) is 31.9 Å². The van der Waals surface area contributed by atoms with Gasteiger partial charge < -0.3 is 9.64 Å². The Labute approximate surface area is 243 Å². The summed E-state index contributed by atoms with van der Waals surface area (Å²) >= 11 is 0. The zero-order chi connectivity index (χ0) is 30.8. The second-order valence-electron chi connectivity index (χ2n) is 10.3. The largest absolute Gasteiger partial charge is 0.446 e. The number of likely N-dealkylation sites (tertiary alicyclic amines) is 1. The Bertz CT molecular complexity index is 1580. The molecular weight excluding hydrogens is 574 g/mol. The number of hydrogen-bond acceptors (Lipinski definition) is 3. The van der Waals surface area contributed by atoms with Gasteiger partial charge in [-0.05, 0) is 41.6 Å². The molecule has 1 N–H and O–H groups in total. The first-order valence-electron chi connectivity index (χ1n) is 13.5. The molecule has 1 saturated heterocycles. The predicted octanol–water partition coefficient (Wildman–Crippen LogP) is 8.34. The van der Waals surface area contributed by atoms with Crippen LogP contribution >= 0.6 is 0 Å². The van der Waals surface area contributed by atoms with Crippen molar-refractivity contribution in [2.24, 2.45) is 0 Å². The predicted molar refractivity (Wildman–Crippen MR) is 148 cm³/mol. The number of carbonyl (C=O) groups excluding carboxylic acids is 2. The van der Waals surface area contributed by atoms with Gasteiger partial charge in [0, 0.05) is 36.4 Å². The number of halogens is 6. The van der Waals surface area contributed by atoms with Crippen molar-refractivity contribution in [2.75, 3.05) is 11.9 Å². The van der Waals surface area contributed by atoms with Crippen molar-refractivity contribution in [2.45, 2.75) is 43.8 Å². The number of nitrogens with zero attached hydrogens (tertiary/aromatic N) is 1. The molecule has 0 unspecified atom stereocenters. The third-order valence-corrected chi connectivity index (χ3v) is 7.38. The Hall–Kier alpha value is -4.54. The van der Waals surface area contributed by atoms with Crippen LogP contribution in [0.15, 0.2) is 91.0 Å². The maximum Gasteiger partial charge on any atom is 0.416 e. The van der Waals surface area contributed by atoms with Crippen molar-refractivity contribution in [1.82, 2.24) is 4.90 Å². The van der Waals surface area contributed by atoms with Crippen molar-refractivity contribution in [3.8, 4) is 0 Å². The Morgan fingerprint density at radius 1 is 0.814 bits per heavy atom. The molecule has 4 aromatic carbocycles. The highest BCUT2D eigenvalue weighted by atomic mass is 19.4. The van der Waals surface area contributed by atoms with Crippen molar-refractivity contribution < 1.29 is 40.7 Å². The van der Waals surface area contributed by atoms with Crippen LogP contribution in [0.3, 0.4) is 0 Å². The second kappa shape index (κ2) is 12.0. The summed E-state index contributed by atoms with van der Waals surface area (Å²) in [5.41, 5.74) is -2.50. The maximum absolute atomic E-state index is 13.5. The minimum Gasteiger partial charge on any atom is -0.446 e. The van der Waals surface area contributed by atoms with Crippen LogP contribution in [0.4, 0.5) is 36.8 Å². The number of carbonyl (C=O) groups is 2. The van der Waals surface area contributed by atoms with Gasteiger partial charge >= 0.3 is 18.4 Å². The number of ether oxygens (including phenoxy) is 1. The molecule has 2 amide bonds. The lowest BCUT2D eigenvalue weighted by Crippen LogP contribution is -2.49. The van der Waals surface area contributed by atoms with E-state index in [1.807, 2.05) is 30.3 Å². The number of benzene rings is 4. The molecule has 0 bridgehead atoms. The SMILES string of the molecule is O=C(Nc1cccc2ccccc12)O[C@H]1CCN(C(=O)c2cc(C(F)(F)F)cc(C(F)(F)F)c2)[C@H](Cc2ccccc2)C1. The standard InChI is InChI=1S/C32H26F6N2O3/c33-31(34,35)23-16-22(17-24(18-23)32(36,37)38)29(41)40-14-13-26(19-25(40)15-20-7-2-1-3-8-20)43-30(42)39-28-12-6-10-21-9-4-5-11-27(21)28/h1-12,16-18,25-26H,13-15,19H2,(H,39,42)/t25-,26+/m1/s1. The lowest BCUT2D eigenvalue weighted by molar-refractivity contribution is -0.143. The molecule has 0 saturated carbocycles. The summed E-state index contributed by atoms with van der Waals surface area (Å²) in [4.78, 5) is 27.7. The molecule has 0 radical (unpaired) electrons. The molecule has 11 heteroatoms. The number of hydrogen-bond donors (Lipinski definition) is 1. The minimum atomic E-state index is -5.09. The van der Waals surface area contributed by atoms with E-state index < -0.39 is 53.2 Å². The molecule has 43 heavy (non-hydrogen) atoms. The van der Waals surface area contributed by atoms with Gasteiger partial charge in [-0.2, -0.15) is 26.3 Å². The first-order valence-corrected chi connectivity index (χ1v) is 13.5. The van der Waals surface area contributed by atoms with E-state index in [0.29, 0.717) is 17.8 Å². The zero-order valence-electron chi connectivity index (χ0n) is 22.6. The first kappa shape index (κ1) is 29.9. The fraction of sp³-hybridized carbons (Fsp3) is 0.250. The summed E-state index contributed by atoms with van der Waals surface area (Å²) in [6.07, 6.45) is -11.0. The van der Waals surface area contributed by atoms with Crippen molar-refractivity contribution in [3.05, 3.63) is 113 Å². The minimum absolute atomic E-state index is 0.00708. The van der Waals surface area contributed by atoms with Crippen LogP contribution in [0.5, 0.6) is 0 Å². The molecule has 1 fully saturated rings. The van der Waals surface area contributed by atoms with Crippen molar-refractivity contribution in [1.29, 1.82) is 0 Å². The molecule has 0 aromatic heterocycles. The normalized spacial score (nSPS) is 17.5. The van der Waals surface area contributed by atoms with E-state index in [9.17, 15) is 35.9 Å². The number of amides is 2. The number of anilines is 1. The van der Waals surface area contributed by atoms with E-state index >= 15 is 0 Å². The van der Waals surface area contributed by atoms with Crippen LogP contribution in [-0.2, 0) is 23.5 Å². The average Bonchev–Trinajstić information content (AvgIpc) is 2.96. The number of fused-ring (bicyclic) bond motifs is 1. The maximum atomic E-state index is 13.5. The molecule has 0 aliphatic carbocycles. The highest BCUT2D eigenvalue weighted by Crippen LogP contribution is 2.37. The van der Waals surface area contributed by atoms with Crippen LogP contribution in [0.1, 0.15) is 39.9 Å². The fourth-order valence-corrected chi connectivity index (χ4v) is 5.34. The van der Waals surface area contributed by atoms with Crippen LogP contribution in [0.25, 0.3) is 10.8 Å². The third kappa shape index (κ3) is 7.10. The van der Waals surface area contributed by atoms with Gasteiger partial charge in [0.05, 0.1) is 16.8 Å². The monoisotopic (exact) mass is 600 g/mol. The van der Waals surface area contributed by atoms with Crippen molar-refractivity contribution in [3.63, 3.8) is 0 Å². The van der Waals surface area contributed by atoms with Gasteiger partial charge in [0.2, 0.25) is 0 Å². The van der Waals surface area contributed by atoms with E-state index in [2.05, 4.69) is 5.32 Å². The summed E-state index contributed by atoms with van der Waals surface area (Å²) in [7, 11) is 0. The van der Waals surface area contributed by atoms with Crippen LogP contribution in [0.2, 0.25) is 0 Å². The molecule has 1 aliphatic heterocycles. The van der Waals surface area contributed by atoms with Gasteiger partial charge in [-0.3, -0.25) is 10.1 Å². The highest BCUT2D eigenvalue weighted by molar-refractivity contribution is 6.00. The third-order valence-electron chi connectivity index (χ3n) is 7.38. The van der Waals surface area contributed by atoms with Gasteiger partial charge in [0.15, 0.2) is 0 Å². The summed E-state index contributed by atoms with van der Waals surface area (Å²) in [5, 5.41) is 4.47. The molecule has 2 atom stereocenters. The molecule has 1 heterocycles. The van der Waals surface area contributed by atoms with Gasteiger partial charge in [-0.25, -0.2) is 4.79 Å².